The van der Waals surface area contributed by atoms with Crippen molar-refractivity contribution in [2.75, 3.05) is 17.9 Å². The molecule has 168 valence electrons. The van der Waals surface area contributed by atoms with Gasteiger partial charge in [0.25, 0.3) is 10.0 Å². The maximum absolute atomic E-state index is 13.3. The number of anilines is 1. The van der Waals surface area contributed by atoms with Crippen LogP contribution in [0.3, 0.4) is 0 Å². The van der Waals surface area contributed by atoms with Crippen LogP contribution < -0.4 is 4.31 Å². The van der Waals surface area contributed by atoms with Gasteiger partial charge in [0.2, 0.25) is 5.91 Å². The average Bonchev–Trinajstić information content (AvgIpc) is 3.26. The van der Waals surface area contributed by atoms with Crippen LogP contribution in [0.4, 0.5) is 18.9 Å². The Morgan fingerprint density at radius 3 is 2.29 bits per heavy atom. The number of nitrogens with zero attached hydrogens (tertiary/aromatic N) is 2. The molecule has 0 N–H and O–H groups in total. The van der Waals surface area contributed by atoms with E-state index in [-0.39, 0.29) is 16.0 Å². The Labute approximate surface area is 184 Å². The van der Waals surface area contributed by atoms with Crippen LogP contribution in [0.15, 0.2) is 53.4 Å². The minimum absolute atomic E-state index is 0.0224. The average molecular weight is 475 g/mol. The van der Waals surface area contributed by atoms with Crippen molar-refractivity contribution in [3.63, 3.8) is 0 Å². The van der Waals surface area contributed by atoms with Gasteiger partial charge in [-0.25, -0.2) is 8.42 Å². The topological polar surface area (TPSA) is 57.7 Å². The first-order valence-electron chi connectivity index (χ1n) is 9.72. The molecule has 2 aromatic carbocycles. The molecule has 5 nitrogen and oxygen atoms in total. The molecule has 0 aromatic heterocycles. The number of hydrogen-bond acceptors (Lipinski definition) is 3. The van der Waals surface area contributed by atoms with Gasteiger partial charge >= 0.3 is 6.18 Å². The molecule has 1 amide bonds. The number of amides is 1. The van der Waals surface area contributed by atoms with Gasteiger partial charge in [-0.2, -0.15) is 13.2 Å². The van der Waals surface area contributed by atoms with Gasteiger partial charge in [0.15, 0.2) is 0 Å². The highest BCUT2D eigenvalue weighted by Crippen LogP contribution is 2.37. The summed E-state index contributed by atoms with van der Waals surface area (Å²) in [5.41, 5.74) is -1.45. The summed E-state index contributed by atoms with van der Waals surface area (Å²) in [5, 5.41) is -0.205. The lowest BCUT2D eigenvalue weighted by molar-refractivity contribution is -0.137. The predicted octanol–water partition coefficient (Wildman–Crippen LogP) is 4.96. The number of likely N-dealkylation sites (N-methyl/N-ethyl adjacent to an activating group) is 1. The summed E-state index contributed by atoms with van der Waals surface area (Å²) in [4.78, 5) is 14.3. The quantitative estimate of drug-likeness (QED) is 0.595. The molecule has 2 aromatic rings. The maximum atomic E-state index is 13.3. The summed E-state index contributed by atoms with van der Waals surface area (Å²) < 4.78 is 67.2. The highest BCUT2D eigenvalue weighted by atomic mass is 35.5. The molecule has 0 saturated heterocycles. The zero-order valence-corrected chi connectivity index (χ0v) is 18.3. The van der Waals surface area contributed by atoms with E-state index in [2.05, 4.69) is 0 Å². The van der Waals surface area contributed by atoms with E-state index in [1.165, 1.54) is 29.2 Å². The van der Waals surface area contributed by atoms with Crippen LogP contribution in [-0.2, 0) is 21.0 Å². The standard InChI is InChI=1S/C21H22ClF3N2O3S/c1-26(16-7-5-6-8-16)20(28)14-27(31(29,30)17-9-3-2-4-10-17)19-13-15(21(23,24)25)11-12-18(19)22/h2-4,9-13,16H,5-8,14H2,1H3. The number of rotatable bonds is 6. The van der Waals surface area contributed by atoms with Gasteiger partial charge in [-0.3, -0.25) is 9.10 Å². The smallest absolute Gasteiger partial charge is 0.341 e. The first kappa shape index (κ1) is 23.4. The minimum Gasteiger partial charge on any atom is -0.341 e. The molecule has 1 aliphatic carbocycles. The number of alkyl halides is 3. The van der Waals surface area contributed by atoms with E-state index in [1.54, 1.807) is 13.1 Å². The molecule has 10 heteroatoms. The summed E-state index contributed by atoms with van der Waals surface area (Å²) in [6.45, 7) is -0.661. The number of halogens is 4. The van der Waals surface area contributed by atoms with Gasteiger partial charge in [-0.1, -0.05) is 42.6 Å². The molecule has 0 spiro atoms. The van der Waals surface area contributed by atoms with Crippen molar-refractivity contribution in [1.29, 1.82) is 0 Å². The van der Waals surface area contributed by atoms with Gasteiger partial charge < -0.3 is 4.90 Å². The normalized spacial score (nSPS) is 15.1. The number of carbonyl (C=O) groups is 1. The molecule has 0 radical (unpaired) electrons. The molecule has 0 aliphatic heterocycles. The summed E-state index contributed by atoms with van der Waals surface area (Å²) >= 11 is 6.13. The van der Waals surface area contributed by atoms with E-state index in [1.807, 2.05) is 0 Å². The van der Waals surface area contributed by atoms with Crippen molar-refractivity contribution < 1.29 is 26.4 Å². The maximum Gasteiger partial charge on any atom is 0.416 e. The Bertz CT molecular complexity index is 1040. The summed E-state index contributed by atoms with van der Waals surface area (Å²) in [6.07, 6.45) is -1.16. The Morgan fingerprint density at radius 1 is 1.10 bits per heavy atom. The van der Waals surface area contributed by atoms with Crippen LogP contribution in [0.25, 0.3) is 0 Å². The Kier molecular flexibility index (Phi) is 6.85. The van der Waals surface area contributed by atoms with E-state index in [0.29, 0.717) is 10.4 Å². The molecule has 1 fully saturated rings. The van der Waals surface area contributed by atoms with Crippen LogP contribution >= 0.6 is 11.6 Å². The fourth-order valence-electron chi connectivity index (χ4n) is 3.63. The van der Waals surface area contributed by atoms with Crippen LogP contribution in [-0.4, -0.2) is 38.9 Å². The number of sulfonamides is 1. The molecule has 3 rings (SSSR count). The number of benzene rings is 2. The first-order valence-corrected chi connectivity index (χ1v) is 11.5. The SMILES string of the molecule is CN(C(=O)CN(c1cc(C(F)(F)F)ccc1Cl)S(=O)(=O)c1ccccc1)C1CCCC1. The van der Waals surface area contributed by atoms with Gasteiger partial charge in [0.1, 0.15) is 6.54 Å². The van der Waals surface area contributed by atoms with Crippen LogP contribution in [0.2, 0.25) is 5.02 Å². The third-order valence-corrected chi connectivity index (χ3v) is 7.51. The van der Waals surface area contributed by atoms with E-state index < -0.39 is 39.9 Å². The van der Waals surface area contributed by atoms with Gasteiger partial charge in [0.05, 0.1) is 21.2 Å². The van der Waals surface area contributed by atoms with Gasteiger partial charge in [0, 0.05) is 13.1 Å². The second-order valence-corrected chi connectivity index (χ2v) is 9.70. The van der Waals surface area contributed by atoms with Crippen molar-refractivity contribution >= 4 is 33.2 Å². The molecule has 0 atom stereocenters. The Balaban J connectivity index is 2.06. The van der Waals surface area contributed by atoms with Crippen molar-refractivity contribution in [3.8, 4) is 0 Å². The van der Waals surface area contributed by atoms with Gasteiger partial charge in [-0.15, -0.1) is 0 Å². The lowest BCUT2D eigenvalue weighted by Crippen LogP contribution is -2.44. The van der Waals surface area contributed by atoms with Crippen LogP contribution in [0.5, 0.6) is 0 Å². The molecular formula is C21H22ClF3N2O3S. The summed E-state index contributed by atoms with van der Waals surface area (Å²) in [6, 6.07) is 9.61. The Hall–Kier alpha value is -2.26. The van der Waals surface area contributed by atoms with Crippen LogP contribution in [0, 0.1) is 0 Å². The summed E-state index contributed by atoms with van der Waals surface area (Å²) in [5.74, 6) is -0.514. The minimum atomic E-state index is -4.70. The van der Waals surface area contributed by atoms with E-state index in [0.717, 1.165) is 37.8 Å². The van der Waals surface area contributed by atoms with Crippen molar-refractivity contribution in [3.05, 3.63) is 59.1 Å². The zero-order chi connectivity index (χ0) is 22.8. The second kappa shape index (κ2) is 9.08. The number of hydrogen-bond donors (Lipinski definition) is 0. The van der Waals surface area contributed by atoms with Gasteiger partial charge in [-0.05, 0) is 43.2 Å². The number of carbonyl (C=O) groups excluding carboxylic acids is 1. The first-order chi connectivity index (χ1) is 14.5. The van der Waals surface area contributed by atoms with Crippen LogP contribution in [0.1, 0.15) is 31.2 Å². The van der Waals surface area contributed by atoms with Crippen molar-refractivity contribution in [1.82, 2.24) is 4.90 Å². The van der Waals surface area contributed by atoms with E-state index in [9.17, 15) is 26.4 Å². The molecule has 1 aliphatic rings. The second-order valence-electron chi connectivity index (χ2n) is 7.43. The Morgan fingerprint density at radius 2 is 1.71 bits per heavy atom. The molecule has 0 heterocycles. The fraction of sp³-hybridized carbons (Fsp3) is 0.381. The largest absolute Gasteiger partial charge is 0.416 e. The summed E-state index contributed by atoms with van der Waals surface area (Å²) in [7, 11) is -2.77. The predicted molar refractivity (Wildman–Crippen MR) is 112 cm³/mol. The molecule has 1 saturated carbocycles. The third kappa shape index (κ3) is 5.15. The lowest BCUT2D eigenvalue weighted by Gasteiger charge is -2.30. The van der Waals surface area contributed by atoms with E-state index >= 15 is 0 Å². The monoisotopic (exact) mass is 474 g/mol. The highest BCUT2D eigenvalue weighted by molar-refractivity contribution is 7.92. The van der Waals surface area contributed by atoms with Crippen molar-refractivity contribution in [2.45, 2.75) is 42.8 Å². The lowest BCUT2D eigenvalue weighted by atomic mass is 10.2. The molecule has 31 heavy (non-hydrogen) atoms. The fourth-order valence-corrected chi connectivity index (χ4v) is 5.34. The third-order valence-electron chi connectivity index (χ3n) is 5.42. The van der Waals surface area contributed by atoms with E-state index in [4.69, 9.17) is 11.6 Å². The molecule has 0 unspecified atom stereocenters. The molecule has 0 bridgehead atoms. The van der Waals surface area contributed by atoms with Crippen molar-refractivity contribution in [2.24, 2.45) is 0 Å². The highest BCUT2D eigenvalue weighted by Gasteiger charge is 2.35. The molecular weight excluding hydrogens is 453 g/mol. The zero-order valence-electron chi connectivity index (χ0n) is 16.8.